The molecule has 3 aromatic carbocycles. The van der Waals surface area contributed by atoms with Crippen LogP contribution >= 0.6 is 0 Å². The SMILES string of the molecule is CCCCCCCCCC[C@H]1CCc2ccc3ccccc3c2[C@H]1NC(=O)c1cc([N+](=O)[O-])cc([N+](=O)[O-])c1. The summed E-state index contributed by atoms with van der Waals surface area (Å²) in [6.45, 7) is 2.22. The van der Waals surface area contributed by atoms with Crippen LogP contribution in [0, 0.1) is 26.1 Å². The van der Waals surface area contributed by atoms with Crippen molar-refractivity contribution >= 4 is 28.1 Å². The van der Waals surface area contributed by atoms with Crippen molar-refractivity contribution in [2.24, 2.45) is 5.92 Å². The molecule has 1 N–H and O–H groups in total. The van der Waals surface area contributed by atoms with Gasteiger partial charge in [0.1, 0.15) is 0 Å². The topological polar surface area (TPSA) is 115 Å². The van der Waals surface area contributed by atoms with Crippen molar-refractivity contribution in [3.8, 4) is 0 Å². The van der Waals surface area contributed by atoms with E-state index in [0.717, 1.165) is 66.6 Å². The average Bonchev–Trinajstić information content (AvgIpc) is 2.94. The van der Waals surface area contributed by atoms with Crippen LogP contribution in [0.25, 0.3) is 10.8 Å². The van der Waals surface area contributed by atoms with Gasteiger partial charge in [-0.05, 0) is 47.1 Å². The van der Waals surface area contributed by atoms with Crippen LogP contribution in [-0.2, 0) is 6.42 Å². The molecule has 0 fully saturated rings. The molecule has 1 aliphatic carbocycles. The fourth-order valence-electron chi connectivity index (χ4n) is 5.87. The average molecular weight is 532 g/mol. The van der Waals surface area contributed by atoms with Gasteiger partial charge in [-0.25, -0.2) is 0 Å². The summed E-state index contributed by atoms with van der Waals surface area (Å²) in [6, 6.07) is 15.2. The Morgan fingerprint density at radius 1 is 0.872 bits per heavy atom. The molecule has 0 radical (unpaired) electrons. The van der Waals surface area contributed by atoms with Crippen molar-refractivity contribution < 1.29 is 14.6 Å². The van der Waals surface area contributed by atoms with E-state index in [0.29, 0.717) is 0 Å². The second-order valence-electron chi connectivity index (χ2n) is 10.6. The summed E-state index contributed by atoms with van der Waals surface area (Å²) in [7, 11) is 0. The molecule has 8 nitrogen and oxygen atoms in total. The monoisotopic (exact) mass is 531 g/mol. The van der Waals surface area contributed by atoms with Gasteiger partial charge in [-0.3, -0.25) is 25.0 Å². The number of carbonyl (C=O) groups excluding carboxylic acids is 1. The third-order valence-electron chi connectivity index (χ3n) is 7.93. The second kappa shape index (κ2) is 13.3. The highest BCUT2D eigenvalue weighted by atomic mass is 16.6. The number of amides is 1. The lowest BCUT2D eigenvalue weighted by Gasteiger charge is -2.35. The number of nitro benzene ring substituents is 2. The van der Waals surface area contributed by atoms with Gasteiger partial charge in [-0.2, -0.15) is 0 Å². The normalized spacial score (nSPS) is 16.5. The Morgan fingerprint density at radius 3 is 2.18 bits per heavy atom. The number of rotatable bonds is 13. The van der Waals surface area contributed by atoms with Crippen molar-refractivity contribution in [1.82, 2.24) is 5.32 Å². The molecule has 206 valence electrons. The fourth-order valence-corrected chi connectivity index (χ4v) is 5.87. The highest BCUT2D eigenvalue weighted by molar-refractivity contribution is 5.96. The predicted octanol–water partition coefficient (Wildman–Crippen LogP) is 8.22. The molecule has 0 saturated carbocycles. The molecular formula is C31H37N3O5. The number of unbranched alkanes of at least 4 members (excludes halogenated alkanes) is 7. The Hall–Kier alpha value is -3.81. The maximum Gasteiger partial charge on any atom is 0.277 e. The van der Waals surface area contributed by atoms with Crippen LogP contribution < -0.4 is 5.32 Å². The molecule has 0 heterocycles. The minimum Gasteiger partial charge on any atom is -0.345 e. The van der Waals surface area contributed by atoms with E-state index in [1.165, 1.54) is 44.1 Å². The summed E-state index contributed by atoms with van der Waals surface area (Å²) < 4.78 is 0. The third-order valence-corrected chi connectivity index (χ3v) is 7.93. The summed E-state index contributed by atoms with van der Waals surface area (Å²) in [5, 5.41) is 28.1. The number of aryl methyl sites for hydroxylation is 1. The zero-order chi connectivity index (χ0) is 27.8. The van der Waals surface area contributed by atoms with Crippen LogP contribution in [0.15, 0.2) is 54.6 Å². The Balaban J connectivity index is 1.58. The first-order valence-corrected chi connectivity index (χ1v) is 14.1. The largest absolute Gasteiger partial charge is 0.345 e. The molecule has 39 heavy (non-hydrogen) atoms. The van der Waals surface area contributed by atoms with Gasteiger partial charge >= 0.3 is 0 Å². The highest BCUT2D eigenvalue weighted by Gasteiger charge is 2.33. The van der Waals surface area contributed by atoms with Gasteiger partial charge < -0.3 is 5.32 Å². The minimum atomic E-state index is -0.710. The molecule has 2 atom stereocenters. The molecule has 0 bridgehead atoms. The highest BCUT2D eigenvalue weighted by Crippen LogP contribution is 2.41. The van der Waals surface area contributed by atoms with Crippen LogP contribution in [0.3, 0.4) is 0 Å². The van der Waals surface area contributed by atoms with Crippen LogP contribution in [0.2, 0.25) is 0 Å². The summed E-state index contributed by atoms with van der Waals surface area (Å²) in [5.41, 5.74) is 1.26. The lowest BCUT2D eigenvalue weighted by Crippen LogP contribution is -2.36. The lowest BCUT2D eigenvalue weighted by molar-refractivity contribution is -0.394. The molecule has 0 unspecified atom stereocenters. The van der Waals surface area contributed by atoms with Gasteiger partial charge in [0.05, 0.1) is 27.5 Å². The van der Waals surface area contributed by atoms with Crippen molar-refractivity contribution in [2.45, 2.75) is 83.6 Å². The second-order valence-corrected chi connectivity index (χ2v) is 10.6. The van der Waals surface area contributed by atoms with E-state index in [-0.39, 0.29) is 17.5 Å². The summed E-state index contributed by atoms with van der Waals surface area (Å²) in [6.07, 6.45) is 12.6. The first-order valence-electron chi connectivity index (χ1n) is 14.1. The maximum absolute atomic E-state index is 13.5. The third kappa shape index (κ3) is 6.99. The van der Waals surface area contributed by atoms with E-state index >= 15 is 0 Å². The van der Waals surface area contributed by atoms with E-state index in [2.05, 4.69) is 36.5 Å². The Bertz CT molecular complexity index is 1310. The molecule has 0 aromatic heterocycles. The number of carbonyl (C=O) groups is 1. The molecule has 0 spiro atoms. The minimum absolute atomic E-state index is 0.0749. The number of benzene rings is 3. The van der Waals surface area contributed by atoms with Gasteiger partial charge in [0, 0.05) is 12.1 Å². The Kier molecular flexibility index (Phi) is 9.63. The summed E-state index contributed by atoms with van der Waals surface area (Å²) in [4.78, 5) is 34.9. The summed E-state index contributed by atoms with van der Waals surface area (Å²) >= 11 is 0. The van der Waals surface area contributed by atoms with Gasteiger partial charge in [-0.1, -0.05) is 94.7 Å². The molecule has 1 aliphatic rings. The molecule has 4 rings (SSSR count). The summed E-state index contributed by atoms with van der Waals surface area (Å²) in [5.74, 6) is -0.325. The van der Waals surface area contributed by atoms with Crippen LogP contribution in [0.4, 0.5) is 11.4 Å². The van der Waals surface area contributed by atoms with Gasteiger partial charge in [-0.15, -0.1) is 0 Å². The van der Waals surface area contributed by atoms with Gasteiger partial charge in [0.25, 0.3) is 17.3 Å². The molecule has 0 aliphatic heterocycles. The van der Waals surface area contributed by atoms with Gasteiger partial charge in [0.2, 0.25) is 0 Å². The first-order chi connectivity index (χ1) is 18.9. The van der Waals surface area contributed by atoms with Crippen LogP contribution in [0.1, 0.15) is 98.7 Å². The van der Waals surface area contributed by atoms with Crippen molar-refractivity contribution in [3.63, 3.8) is 0 Å². The van der Waals surface area contributed by atoms with E-state index in [4.69, 9.17) is 0 Å². The van der Waals surface area contributed by atoms with Crippen LogP contribution in [-0.4, -0.2) is 15.8 Å². The van der Waals surface area contributed by atoms with E-state index in [9.17, 15) is 25.0 Å². The molecule has 1 amide bonds. The predicted molar refractivity (Wildman–Crippen MR) is 153 cm³/mol. The lowest BCUT2D eigenvalue weighted by atomic mass is 9.75. The van der Waals surface area contributed by atoms with Gasteiger partial charge in [0.15, 0.2) is 0 Å². The van der Waals surface area contributed by atoms with Crippen molar-refractivity contribution in [1.29, 1.82) is 0 Å². The van der Waals surface area contributed by atoms with E-state index < -0.39 is 27.1 Å². The zero-order valence-electron chi connectivity index (χ0n) is 22.6. The standard InChI is InChI=1S/C31H37N3O5/c1-2-3-4-5-6-7-8-9-13-24-18-17-23-16-15-22-12-10-11-14-28(22)29(23)30(24)32-31(35)25-19-26(33(36)37)21-27(20-25)34(38)39/h10-12,14-16,19-21,24,30H,2-9,13,17-18H2,1H3,(H,32,35)/t24-,30-/m0/s1. The van der Waals surface area contributed by atoms with Crippen LogP contribution in [0.5, 0.6) is 0 Å². The number of nitrogens with zero attached hydrogens (tertiary/aromatic N) is 2. The van der Waals surface area contributed by atoms with E-state index in [1.54, 1.807) is 0 Å². The number of hydrogen-bond donors (Lipinski definition) is 1. The molecule has 8 heteroatoms. The van der Waals surface area contributed by atoms with Crippen molar-refractivity contribution in [3.05, 3.63) is 91.5 Å². The first kappa shape index (κ1) is 28.2. The number of hydrogen-bond acceptors (Lipinski definition) is 5. The number of non-ortho nitro benzene ring substituents is 2. The molecule has 3 aromatic rings. The number of nitrogens with one attached hydrogen (secondary N) is 1. The van der Waals surface area contributed by atoms with Crippen molar-refractivity contribution in [2.75, 3.05) is 0 Å². The maximum atomic E-state index is 13.5. The smallest absolute Gasteiger partial charge is 0.277 e. The molecule has 0 saturated heterocycles. The molecular weight excluding hydrogens is 494 g/mol. The Morgan fingerprint density at radius 2 is 1.51 bits per heavy atom. The zero-order valence-corrected chi connectivity index (χ0v) is 22.6. The fraction of sp³-hybridized carbons (Fsp3) is 0.452. The van der Waals surface area contributed by atoms with E-state index in [1.807, 2.05) is 12.1 Å². The quantitative estimate of drug-likeness (QED) is 0.135. The number of nitro groups is 2. The number of fused-ring (bicyclic) bond motifs is 3. The Labute approximate surface area is 229 Å².